The predicted molar refractivity (Wildman–Crippen MR) is 80.8 cm³/mol. The first kappa shape index (κ1) is 13.7. The third-order valence-electron chi connectivity index (χ3n) is 4.44. The minimum atomic E-state index is 0.204. The molecule has 3 rings (SSSR count). The molecule has 0 bridgehead atoms. The van der Waals surface area contributed by atoms with E-state index in [0.29, 0.717) is 24.9 Å². The molecule has 2 aliphatic heterocycles. The van der Waals surface area contributed by atoms with E-state index in [1.807, 2.05) is 12.1 Å². The summed E-state index contributed by atoms with van der Waals surface area (Å²) in [7, 11) is 0. The number of rotatable bonds is 2. The van der Waals surface area contributed by atoms with Gasteiger partial charge in [-0.3, -0.25) is 4.79 Å². The molecule has 3 N–H and O–H groups in total. The number of nitrogens with zero attached hydrogens (tertiary/aromatic N) is 1. The van der Waals surface area contributed by atoms with E-state index in [9.17, 15) is 4.79 Å². The molecule has 108 valence electrons. The van der Waals surface area contributed by atoms with Crippen molar-refractivity contribution in [3.63, 3.8) is 0 Å². The van der Waals surface area contributed by atoms with Crippen LogP contribution >= 0.6 is 11.6 Å². The number of anilines is 1. The highest BCUT2D eigenvalue weighted by Gasteiger charge is 2.33. The maximum Gasteiger partial charge on any atom is 0.220 e. The van der Waals surface area contributed by atoms with Gasteiger partial charge in [-0.05, 0) is 36.5 Å². The lowest BCUT2D eigenvalue weighted by Gasteiger charge is -2.42. The van der Waals surface area contributed by atoms with Crippen molar-refractivity contribution in [2.75, 3.05) is 18.0 Å². The van der Waals surface area contributed by atoms with Gasteiger partial charge in [0, 0.05) is 42.8 Å². The van der Waals surface area contributed by atoms with Gasteiger partial charge in [0.15, 0.2) is 0 Å². The number of amides is 1. The first-order valence-corrected chi connectivity index (χ1v) is 7.58. The largest absolute Gasteiger partial charge is 0.371 e. The molecular weight excluding hydrogens is 274 g/mol. The van der Waals surface area contributed by atoms with Gasteiger partial charge in [0.2, 0.25) is 5.91 Å². The summed E-state index contributed by atoms with van der Waals surface area (Å²) in [4.78, 5) is 13.8. The minimum absolute atomic E-state index is 0.204. The Morgan fingerprint density at radius 1 is 1.40 bits per heavy atom. The van der Waals surface area contributed by atoms with Crippen LogP contribution in [0, 0.1) is 5.92 Å². The zero-order valence-electron chi connectivity index (χ0n) is 11.4. The SMILES string of the molecule is NCc1ccc(N2CCC3NC(=O)CCC3C2)cc1Cl. The molecule has 0 spiro atoms. The number of halogens is 1. The lowest BCUT2D eigenvalue weighted by atomic mass is 9.85. The van der Waals surface area contributed by atoms with E-state index in [1.165, 1.54) is 0 Å². The Bertz CT molecular complexity index is 520. The molecule has 1 amide bonds. The van der Waals surface area contributed by atoms with E-state index in [0.717, 1.165) is 42.2 Å². The third-order valence-corrected chi connectivity index (χ3v) is 4.80. The van der Waals surface area contributed by atoms with Gasteiger partial charge in [0.25, 0.3) is 0 Å². The molecule has 0 saturated carbocycles. The normalized spacial score (nSPS) is 26.1. The molecule has 1 aromatic carbocycles. The molecule has 2 heterocycles. The Morgan fingerprint density at radius 3 is 3.00 bits per heavy atom. The minimum Gasteiger partial charge on any atom is -0.371 e. The van der Waals surface area contributed by atoms with Gasteiger partial charge in [0.05, 0.1) is 0 Å². The number of piperidine rings is 2. The number of fused-ring (bicyclic) bond motifs is 1. The molecule has 0 aliphatic carbocycles. The third kappa shape index (κ3) is 2.63. The number of hydrogen-bond acceptors (Lipinski definition) is 3. The van der Waals surface area contributed by atoms with Gasteiger partial charge in [-0.15, -0.1) is 0 Å². The molecule has 20 heavy (non-hydrogen) atoms. The van der Waals surface area contributed by atoms with Crippen molar-refractivity contribution in [3.8, 4) is 0 Å². The quantitative estimate of drug-likeness (QED) is 0.876. The van der Waals surface area contributed by atoms with Crippen LogP contribution in [0.2, 0.25) is 5.02 Å². The van der Waals surface area contributed by atoms with Crippen molar-refractivity contribution in [1.29, 1.82) is 0 Å². The summed E-state index contributed by atoms with van der Waals surface area (Å²) in [6.07, 6.45) is 2.65. The number of hydrogen-bond donors (Lipinski definition) is 2. The molecule has 2 aliphatic rings. The van der Waals surface area contributed by atoms with Crippen LogP contribution in [0.1, 0.15) is 24.8 Å². The van der Waals surface area contributed by atoms with Gasteiger partial charge in [0.1, 0.15) is 0 Å². The van der Waals surface area contributed by atoms with E-state index in [-0.39, 0.29) is 5.91 Å². The van der Waals surface area contributed by atoms with Crippen molar-refractivity contribution in [2.45, 2.75) is 31.8 Å². The maximum absolute atomic E-state index is 11.4. The molecule has 2 saturated heterocycles. The van der Waals surface area contributed by atoms with Crippen molar-refractivity contribution >= 4 is 23.2 Å². The monoisotopic (exact) mass is 293 g/mol. The van der Waals surface area contributed by atoms with Gasteiger partial charge in [-0.1, -0.05) is 17.7 Å². The van der Waals surface area contributed by atoms with E-state index >= 15 is 0 Å². The standard InChI is InChI=1S/C15H20ClN3O/c16-13-7-12(3-1-10(13)8-17)19-6-5-14-11(9-19)2-4-15(20)18-14/h1,3,7,11,14H,2,4-6,8-9,17H2,(H,18,20). The lowest BCUT2D eigenvalue weighted by Crippen LogP contribution is -2.54. The Morgan fingerprint density at radius 2 is 2.25 bits per heavy atom. The van der Waals surface area contributed by atoms with Crippen molar-refractivity contribution in [2.24, 2.45) is 11.7 Å². The van der Waals surface area contributed by atoms with Crippen LogP contribution in [0.5, 0.6) is 0 Å². The second-order valence-corrected chi connectivity index (χ2v) is 6.09. The van der Waals surface area contributed by atoms with Crippen molar-refractivity contribution in [3.05, 3.63) is 28.8 Å². The number of carbonyl (C=O) groups is 1. The van der Waals surface area contributed by atoms with Crippen LogP contribution in [0.4, 0.5) is 5.69 Å². The Kier molecular flexibility index (Phi) is 3.85. The Balaban J connectivity index is 1.73. The highest BCUT2D eigenvalue weighted by atomic mass is 35.5. The number of nitrogens with two attached hydrogens (primary N) is 1. The highest BCUT2D eigenvalue weighted by molar-refractivity contribution is 6.31. The van der Waals surface area contributed by atoms with Gasteiger partial charge < -0.3 is 16.0 Å². The summed E-state index contributed by atoms with van der Waals surface area (Å²) in [6.45, 7) is 2.42. The van der Waals surface area contributed by atoms with Crippen LogP contribution < -0.4 is 16.0 Å². The van der Waals surface area contributed by atoms with Crippen LogP contribution in [-0.4, -0.2) is 25.0 Å². The molecule has 2 unspecified atom stereocenters. The molecule has 0 radical (unpaired) electrons. The Hall–Kier alpha value is -1.26. The molecule has 2 atom stereocenters. The zero-order chi connectivity index (χ0) is 14.1. The number of nitrogens with one attached hydrogen (secondary N) is 1. The maximum atomic E-state index is 11.4. The fourth-order valence-electron chi connectivity index (χ4n) is 3.24. The fraction of sp³-hybridized carbons (Fsp3) is 0.533. The van der Waals surface area contributed by atoms with E-state index in [1.54, 1.807) is 0 Å². The highest BCUT2D eigenvalue weighted by Crippen LogP contribution is 2.30. The second kappa shape index (κ2) is 5.62. The van der Waals surface area contributed by atoms with Crippen LogP contribution in [-0.2, 0) is 11.3 Å². The van der Waals surface area contributed by atoms with Crippen molar-refractivity contribution < 1.29 is 4.79 Å². The van der Waals surface area contributed by atoms with E-state index in [2.05, 4.69) is 16.3 Å². The van der Waals surface area contributed by atoms with E-state index in [4.69, 9.17) is 17.3 Å². The molecular formula is C15H20ClN3O. The fourth-order valence-corrected chi connectivity index (χ4v) is 3.50. The summed E-state index contributed by atoms with van der Waals surface area (Å²) in [5, 5.41) is 3.85. The molecule has 0 aromatic heterocycles. The molecule has 4 nitrogen and oxygen atoms in total. The summed E-state index contributed by atoms with van der Waals surface area (Å²) < 4.78 is 0. The topological polar surface area (TPSA) is 58.4 Å². The van der Waals surface area contributed by atoms with E-state index < -0.39 is 0 Å². The van der Waals surface area contributed by atoms with Crippen LogP contribution in [0.25, 0.3) is 0 Å². The molecule has 1 aromatic rings. The average molecular weight is 294 g/mol. The summed E-state index contributed by atoms with van der Waals surface area (Å²) in [5.74, 6) is 0.754. The number of carbonyl (C=O) groups excluding carboxylic acids is 1. The van der Waals surface area contributed by atoms with Crippen LogP contribution in [0.15, 0.2) is 18.2 Å². The van der Waals surface area contributed by atoms with Gasteiger partial charge in [-0.2, -0.15) is 0 Å². The summed E-state index contributed by atoms with van der Waals surface area (Å²) in [5.41, 5.74) is 7.78. The smallest absolute Gasteiger partial charge is 0.220 e. The summed E-state index contributed by atoms with van der Waals surface area (Å²) in [6, 6.07) is 6.46. The first-order valence-electron chi connectivity index (χ1n) is 7.20. The summed E-state index contributed by atoms with van der Waals surface area (Å²) >= 11 is 6.24. The molecule has 2 fully saturated rings. The molecule has 5 heteroatoms. The predicted octanol–water partition coefficient (Wildman–Crippen LogP) is 1.90. The van der Waals surface area contributed by atoms with Gasteiger partial charge >= 0.3 is 0 Å². The average Bonchev–Trinajstić information content (AvgIpc) is 2.46. The Labute approximate surface area is 124 Å². The number of benzene rings is 1. The second-order valence-electron chi connectivity index (χ2n) is 5.69. The van der Waals surface area contributed by atoms with Crippen molar-refractivity contribution in [1.82, 2.24) is 5.32 Å². The lowest BCUT2D eigenvalue weighted by molar-refractivity contribution is -0.124. The first-order chi connectivity index (χ1) is 9.67. The van der Waals surface area contributed by atoms with Crippen LogP contribution in [0.3, 0.4) is 0 Å². The zero-order valence-corrected chi connectivity index (χ0v) is 12.2. The van der Waals surface area contributed by atoms with Gasteiger partial charge in [-0.25, -0.2) is 0 Å².